The number of nitrogens with one attached hydrogen (secondary N) is 1. The Morgan fingerprint density at radius 3 is 2.54 bits per heavy atom. The highest BCUT2D eigenvalue weighted by Crippen LogP contribution is 2.27. The number of rotatable bonds is 8. The Morgan fingerprint density at radius 1 is 1.25 bits per heavy atom. The molecule has 1 aromatic carbocycles. The molecule has 1 aliphatic rings. The number of carbonyl (C=O) groups excluding carboxylic acids is 1. The molecule has 0 aromatic heterocycles. The summed E-state index contributed by atoms with van der Waals surface area (Å²) in [6, 6.07) is 10.2. The summed E-state index contributed by atoms with van der Waals surface area (Å²) < 4.78 is 22.9. The SMILES string of the molecule is CC(C)C(CC(=O)NCCCC1CCS(=O)(=O)C1)c1ccccc1. The molecule has 1 N–H and O–H groups in total. The number of carbonyl (C=O) groups is 1. The molecule has 0 bridgehead atoms. The maximum atomic E-state index is 12.2. The Hall–Kier alpha value is -1.36. The largest absolute Gasteiger partial charge is 0.356 e. The van der Waals surface area contributed by atoms with Crippen LogP contribution in [0.3, 0.4) is 0 Å². The number of hydrogen-bond acceptors (Lipinski definition) is 3. The van der Waals surface area contributed by atoms with Crippen molar-refractivity contribution in [2.75, 3.05) is 18.1 Å². The van der Waals surface area contributed by atoms with Gasteiger partial charge in [0.05, 0.1) is 11.5 Å². The van der Waals surface area contributed by atoms with Gasteiger partial charge in [-0.2, -0.15) is 0 Å². The smallest absolute Gasteiger partial charge is 0.220 e. The lowest BCUT2D eigenvalue weighted by Crippen LogP contribution is -2.27. The molecule has 0 aliphatic carbocycles. The summed E-state index contributed by atoms with van der Waals surface area (Å²) in [6.07, 6.45) is 3.01. The van der Waals surface area contributed by atoms with Crippen LogP contribution in [0.15, 0.2) is 30.3 Å². The van der Waals surface area contributed by atoms with Crippen LogP contribution in [0.25, 0.3) is 0 Å². The fourth-order valence-corrected chi connectivity index (χ4v) is 5.34. The molecule has 1 aromatic rings. The first-order chi connectivity index (χ1) is 11.4. The first-order valence-electron chi connectivity index (χ1n) is 8.89. The summed E-state index contributed by atoms with van der Waals surface area (Å²) in [6.45, 7) is 4.92. The van der Waals surface area contributed by atoms with Crippen molar-refractivity contribution in [2.45, 2.75) is 45.4 Å². The van der Waals surface area contributed by atoms with Crippen molar-refractivity contribution in [3.8, 4) is 0 Å². The van der Waals surface area contributed by atoms with Gasteiger partial charge in [-0.15, -0.1) is 0 Å². The van der Waals surface area contributed by atoms with Crippen molar-refractivity contribution in [3.05, 3.63) is 35.9 Å². The lowest BCUT2D eigenvalue weighted by molar-refractivity contribution is -0.121. The van der Waals surface area contributed by atoms with E-state index in [2.05, 4.69) is 31.3 Å². The van der Waals surface area contributed by atoms with E-state index in [0.717, 1.165) is 19.3 Å². The van der Waals surface area contributed by atoms with Gasteiger partial charge in [0.2, 0.25) is 5.91 Å². The summed E-state index contributed by atoms with van der Waals surface area (Å²) in [5.74, 6) is 1.64. The van der Waals surface area contributed by atoms with E-state index in [-0.39, 0.29) is 17.7 Å². The van der Waals surface area contributed by atoms with E-state index in [9.17, 15) is 13.2 Å². The molecule has 1 saturated heterocycles. The Balaban J connectivity index is 1.72. The second-order valence-corrected chi connectivity index (χ2v) is 9.46. The van der Waals surface area contributed by atoms with Crippen LogP contribution in [-0.2, 0) is 14.6 Å². The van der Waals surface area contributed by atoms with Crippen molar-refractivity contribution < 1.29 is 13.2 Å². The quantitative estimate of drug-likeness (QED) is 0.732. The summed E-state index contributed by atoms with van der Waals surface area (Å²) in [4.78, 5) is 12.2. The maximum Gasteiger partial charge on any atom is 0.220 e. The van der Waals surface area contributed by atoms with Crippen LogP contribution in [0.2, 0.25) is 0 Å². The normalized spacial score (nSPS) is 20.9. The molecule has 2 unspecified atom stereocenters. The van der Waals surface area contributed by atoms with E-state index in [4.69, 9.17) is 0 Å². The van der Waals surface area contributed by atoms with Crippen LogP contribution < -0.4 is 5.32 Å². The zero-order valence-electron chi connectivity index (χ0n) is 14.7. The van der Waals surface area contributed by atoms with Gasteiger partial charge in [0.25, 0.3) is 0 Å². The monoisotopic (exact) mass is 351 g/mol. The average Bonchev–Trinajstić information content (AvgIpc) is 2.89. The molecule has 134 valence electrons. The summed E-state index contributed by atoms with van der Waals surface area (Å²) in [5.41, 5.74) is 1.21. The van der Waals surface area contributed by atoms with Gasteiger partial charge >= 0.3 is 0 Å². The molecule has 0 saturated carbocycles. The molecule has 2 atom stereocenters. The zero-order valence-corrected chi connectivity index (χ0v) is 15.5. The Bertz CT molecular complexity index is 625. The number of benzene rings is 1. The van der Waals surface area contributed by atoms with E-state index in [1.165, 1.54) is 5.56 Å². The van der Waals surface area contributed by atoms with Crippen molar-refractivity contribution in [2.24, 2.45) is 11.8 Å². The lowest BCUT2D eigenvalue weighted by Gasteiger charge is -2.21. The number of hydrogen-bond donors (Lipinski definition) is 1. The van der Waals surface area contributed by atoms with Crippen LogP contribution in [0.1, 0.15) is 51.0 Å². The molecule has 5 heteroatoms. The third kappa shape index (κ3) is 5.93. The molecule has 24 heavy (non-hydrogen) atoms. The molecule has 4 nitrogen and oxygen atoms in total. The standard InChI is InChI=1S/C19H29NO3S/c1-15(2)18(17-8-4-3-5-9-17)13-19(21)20-11-6-7-16-10-12-24(22,23)14-16/h3-5,8-9,15-16,18H,6-7,10-14H2,1-2H3,(H,20,21). The third-order valence-electron chi connectivity index (χ3n) is 4.88. The number of amides is 1. The first-order valence-corrected chi connectivity index (χ1v) is 10.7. The summed E-state index contributed by atoms with van der Waals surface area (Å²) in [5, 5.41) is 2.99. The fraction of sp³-hybridized carbons (Fsp3) is 0.632. The topological polar surface area (TPSA) is 63.2 Å². The molecule has 0 radical (unpaired) electrons. The Labute approximate surface area is 146 Å². The van der Waals surface area contributed by atoms with Crippen molar-refractivity contribution in [3.63, 3.8) is 0 Å². The van der Waals surface area contributed by atoms with E-state index in [1.54, 1.807) is 0 Å². The molecule has 1 amide bonds. The second-order valence-electron chi connectivity index (χ2n) is 7.23. The van der Waals surface area contributed by atoms with Gasteiger partial charge in [-0.3, -0.25) is 4.79 Å². The molecule has 1 fully saturated rings. The predicted molar refractivity (Wildman–Crippen MR) is 97.6 cm³/mol. The highest BCUT2D eigenvalue weighted by molar-refractivity contribution is 7.91. The van der Waals surface area contributed by atoms with Crippen molar-refractivity contribution in [1.82, 2.24) is 5.32 Å². The second kappa shape index (κ2) is 8.65. The van der Waals surface area contributed by atoms with Gasteiger partial charge in [-0.1, -0.05) is 44.2 Å². The van der Waals surface area contributed by atoms with Gasteiger partial charge in [0.1, 0.15) is 0 Å². The minimum Gasteiger partial charge on any atom is -0.356 e. The van der Waals surface area contributed by atoms with E-state index in [1.807, 2.05) is 18.2 Å². The van der Waals surface area contributed by atoms with Crippen LogP contribution in [0.5, 0.6) is 0 Å². The van der Waals surface area contributed by atoms with Crippen LogP contribution in [-0.4, -0.2) is 32.4 Å². The van der Waals surface area contributed by atoms with Crippen LogP contribution in [0.4, 0.5) is 0 Å². The fourth-order valence-electron chi connectivity index (χ4n) is 3.43. The van der Waals surface area contributed by atoms with Crippen molar-refractivity contribution in [1.29, 1.82) is 0 Å². The first kappa shape index (κ1) is 19.0. The Morgan fingerprint density at radius 2 is 1.96 bits per heavy atom. The average molecular weight is 352 g/mol. The molecular weight excluding hydrogens is 322 g/mol. The van der Waals surface area contributed by atoms with Crippen LogP contribution in [0, 0.1) is 11.8 Å². The molecule has 0 spiro atoms. The van der Waals surface area contributed by atoms with Gasteiger partial charge in [-0.05, 0) is 42.6 Å². The van der Waals surface area contributed by atoms with Crippen LogP contribution >= 0.6 is 0 Å². The molecule has 2 rings (SSSR count). The molecular formula is C19H29NO3S. The Kier molecular flexibility index (Phi) is 6.84. The number of sulfone groups is 1. The van der Waals surface area contributed by atoms with Gasteiger partial charge in [-0.25, -0.2) is 8.42 Å². The van der Waals surface area contributed by atoms with Gasteiger partial charge in [0.15, 0.2) is 9.84 Å². The van der Waals surface area contributed by atoms with E-state index < -0.39 is 9.84 Å². The van der Waals surface area contributed by atoms with Gasteiger partial charge in [0, 0.05) is 13.0 Å². The predicted octanol–water partition coefficient (Wildman–Crippen LogP) is 3.15. The van der Waals surface area contributed by atoms with Gasteiger partial charge < -0.3 is 5.32 Å². The van der Waals surface area contributed by atoms with E-state index in [0.29, 0.717) is 30.4 Å². The molecule has 1 heterocycles. The summed E-state index contributed by atoms with van der Waals surface area (Å²) in [7, 11) is -2.79. The summed E-state index contributed by atoms with van der Waals surface area (Å²) >= 11 is 0. The maximum absolute atomic E-state index is 12.2. The zero-order chi connectivity index (χ0) is 17.6. The van der Waals surface area contributed by atoms with E-state index >= 15 is 0 Å². The highest BCUT2D eigenvalue weighted by Gasteiger charge is 2.27. The minimum absolute atomic E-state index is 0.0802. The minimum atomic E-state index is -2.79. The third-order valence-corrected chi connectivity index (χ3v) is 6.71. The highest BCUT2D eigenvalue weighted by atomic mass is 32.2. The molecule has 1 aliphatic heterocycles. The van der Waals surface area contributed by atoms with Crippen molar-refractivity contribution >= 4 is 15.7 Å². The lowest BCUT2D eigenvalue weighted by atomic mass is 9.85.